The molecular weight excluding hydrogens is 356 g/mol. The molecular formula is C21H22N4O3. The van der Waals surface area contributed by atoms with Gasteiger partial charge in [0.2, 0.25) is 5.95 Å². The van der Waals surface area contributed by atoms with Crippen LogP contribution in [0.5, 0.6) is 11.5 Å². The minimum atomic E-state index is -0.287. The van der Waals surface area contributed by atoms with Crippen LogP contribution >= 0.6 is 0 Å². The predicted molar refractivity (Wildman–Crippen MR) is 108 cm³/mol. The molecule has 0 saturated heterocycles. The molecule has 0 aliphatic rings. The monoisotopic (exact) mass is 378 g/mol. The topological polar surface area (TPSA) is 85.4 Å². The molecule has 144 valence electrons. The molecule has 0 fully saturated rings. The summed E-state index contributed by atoms with van der Waals surface area (Å²) in [7, 11) is 0. The highest BCUT2D eigenvalue weighted by atomic mass is 16.5. The first-order valence-electron chi connectivity index (χ1n) is 9.04. The number of nitrogens with one attached hydrogen (secondary N) is 2. The van der Waals surface area contributed by atoms with Gasteiger partial charge >= 0.3 is 0 Å². The number of hydrogen-bond acceptors (Lipinski definition) is 6. The van der Waals surface area contributed by atoms with Crippen molar-refractivity contribution in [3.8, 4) is 11.5 Å². The van der Waals surface area contributed by atoms with Crippen LogP contribution in [0.1, 0.15) is 24.2 Å². The minimum Gasteiger partial charge on any atom is -0.494 e. The Morgan fingerprint density at radius 3 is 2.29 bits per heavy atom. The van der Waals surface area contributed by atoms with Crippen LogP contribution in [0, 0.1) is 0 Å². The Bertz CT molecular complexity index is 912. The van der Waals surface area contributed by atoms with Gasteiger partial charge in [-0.15, -0.1) is 0 Å². The number of rotatable bonds is 8. The van der Waals surface area contributed by atoms with Gasteiger partial charge in [-0.2, -0.15) is 0 Å². The van der Waals surface area contributed by atoms with Crippen molar-refractivity contribution in [2.75, 3.05) is 23.8 Å². The van der Waals surface area contributed by atoms with E-state index in [1.54, 1.807) is 24.3 Å². The lowest BCUT2D eigenvalue weighted by atomic mass is 10.2. The molecule has 2 aromatic carbocycles. The van der Waals surface area contributed by atoms with Crippen LogP contribution in [0.15, 0.2) is 60.9 Å². The fourth-order valence-corrected chi connectivity index (χ4v) is 2.49. The molecule has 0 aliphatic heterocycles. The molecule has 0 saturated carbocycles. The van der Waals surface area contributed by atoms with Crippen LogP contribution in [0.2, 0.25) is 0 Å². The van der Waals surface area contributed by atoms with Crippen molar-refractivity contribution in [2.45, 2.75) is 13.8 Å². The Hall–Kier alpha value is -3.61. The van der Waals surface area contributed by atoms with E-state index in [-0.39, 0.29) is 5.91 Å². The van der Waals surface area contributed by atoms with Crippen molar-refractivity contribution in [1.82, 2.24) is 9.97 Å². The highest BCUT2D eigenvalue weighted by Gasteiger charge is 2.09. The molecule has 0 aliphatic carbocycles. The normalized spacial score (nSPS) is 10.2. The second-order valence-corrected chi connectivity index (χ2v) is 5.76. The van der Waals surface area contributed by atoms with Gasteiger partial charge in [0.05, 0.1) is 24.5 Å². The summed E-state index contributed by atoms with van der Waals surface area (Å²) in [5, 5.41) is 5.91. The van der Waals surface area contributed by atoms with Gasteiger partial charge in [-0.25, -0.2) is 9.97 Å². The van der Waals surface area contributed by atoms with E-state index in [1.807, 2.05) is 38.1 Å². The first kappa shape index (κ1) is 19.2. The summed E-state index contributed by atoms with van der Waals surface area (Å²) < 4.78 is 11.0. The molecule has 0 spiro atoms. The van der Waals surface area contributed by atoms with Crippen molar-refractivity contribution in [1.29, 1.82) is 0 Å². The molecule has 0 bridgehead atoms. The van der Waals surface area contributed by atoms with Crippen molar-refractivity contribution in [2.24, 2.45) is 0 Å². The highest BCUT2D eigenvalue weighted by Crippen LogP contribution is 2.26. The van der Waals surface area contributed by atoms with Crippen molar-refractivity contribution in [3.63, 3.8) is 0 Å². The third-order valence-corrected chi connectivity index (χ3v) is 3.77. The van der Waals surface area contributed by atoms with Crippen molar-refractivity contribution in [3.05, 3.63) is 66.5 Å². The van der Waals surface area contributed by atoms with Crippen LogP contribution in [0.25, 0.3) is 0 Å². The maximum atomic E-state index is 12.4. The Morgan fingerprint density at radius 2 is 1.61 bits per heavy atom. The first-order chi connectivity index (χ1) is 13.7. The predicted octanol–water partition coefficient (Wildman–Crippen LogP) is 4.27. The average molecular weight is 378 g/mol. The van der Waals surface area contributed by atoms with E-state index in [1.165, 1.54) is 12.4 Å². The maximum absolute atomic E-state index is 12.4. The van der Waals surface area contributed by atoms with Crippen molar-refractivity contribution >= 4 is 23.2 Å². The lowest BCUT2D eigenvalue weighted by Gasteiger charge is -2.11. The molecule has 1 amide bonds. The molecule has 3 rings (SSSR count). The number of ether oxygens (including phenoxy) is 2. The number of anilines is 3. The van der Waals surface area contributed by atoms with Crippen molar-refractivity contribution < 1.29 is 14.3 Å². The summed E-state index contributed by atoms with van der Waals surface area (Å²) in [6, 6.07) is 14.7. The van der Waals surface area contributed by atoms with Gasteiger partial charge < -0.3 is 20.1 Å². The zero-order valence-corrected chi connectivity index (χ0v) is 15.8. The minimum absolute atomic E-state index is 0.287. The SMILES string of the molecule is CCOc1ccc(NC(=O)c2cnc(Nc3ccccc3OCC)nc2)cc1. The average Bonchev–Trinajstić information content (AvgIpc) is 2.72. The van der Waals surface area contributed by atoms with Crippen LogP contribution in [0.3, 0.4) is 0 Å². The smallest absolute Gasteiger partial charge is 0.258 e. The fourth-order valence-electron chi connectivity index (χ4n) is 2.49. The summed E-state index contributed by atoms with van der Waals surface area (Å²) in [6.07, 6.45) is 2.95. The first-order valence-corrected chi connectivity index (χ1v) is 9.04. The summed E-state index contributed by atoms with van der Waals surface area (Å²) in [6.45, 7) is 5.00. The molecule has 7 heteroatoms. The maximum Gasteiger partial charge on any atom is 0.258 e. The summed E-state index contributed by atoms with van der Waals surface area (Å²) in [5.74, 6) is 1.56. The van der Waals surface area contributed by atoms with Crippen LogP contribution in [0.4, 0.5) is 17.3 Å². The standard InChI is InChI=1S/C21H22N4O3/c1-3-27-17-11-9-16(10-12-17)24-20(26)15-13-22-21(23-14-15)25-18-7-5-6-8-19(18)28-4-2/h5-14H,3-4H2,1-2H3,(H,24,26)(H,22,23,25). The number of para-hydroxylation sites is 2. The van der Waals surface area contributed by atoms with E-state index in [2.05, 4.69) is 20.6 Å². The molecule has 1 heterocycles. The van der Waals surface area contributed by atoms with Crippen LogP contribution in [-0.4, -0.2) is 29.1 Å². The van der Waals surface area contributed by atoms with Gasteiger partial charge in [0, 0.05) is 18.1 Å². The number of aromatic nitrogens is 2. The van der Waals surface area contributed by atoms with E-state index in [4.69, 9.17) is 9.47 Å². The highest BCUT2D eigenvalue weighted by molar-refractivity contribution is 6.03. The molecule has 7 nitrogen and oxygen atoms in total. The largest absolute Gasteiger partial charge is 0.494 e. The third-order valence-electron chi connectivity index (χ3n) is 3.77. The van der Waals surface area contributed by atoms with Gasteiger partial charge in [0.1, 0.15) is 11.5 Å². The molecule has 0 atom stereocenters. The lowest BCUT2D eigenvalue weighted by Crippen LogP contribution is -2.13. The number of nitrogens with zero attached hydrogens (tertiary/aromatic N) is 2. The van der Waals surface area contributed by atoms with Gasteiger partial charge in [0.25, 0.3) is 5.91 Å². The zero-order valence-electron chi connectivity index (χ0n) is 15.8. The molecule has 0 unspecified atom stereocenters. The zero-order chi connectivity index (χ0) is 19.8. The Balaban J connectivity index is 1.64. The Morgan fingerprint density at radius 1 is 0.929 bits per heavy atom. The summed E-state index contributed by atoms with van der Waals surface area (Å²) >= 11 is 0. The number of carbonyl (C=O) groups is 1. The lowest BCUT2D eigenvalue weighted by molar-refractivity contribution is 0.102. The molecule has 1 aromatic heterocycles. The summed E-state index contributed by atoms with van der Waals surface area (Å²) in [5.41, 5.74) is 1.79. The van der Waals surface area contributed by atoms with E-state index in [9.17, 15) is 4.79 Å². The molecule has 0 radical (unpaired) electrons. The molecule has 3 aromatic rings. The molecule has 2 N–H and O–H groups in total. The van der Waals surface area contributed by atoms with E-state index < -0.39 is 0 Å². The van der Waals surface area contributed by atoms with Gasteiger partial charge in [-0.3, -0.25) is 4.79 Å². The van der Waals surface area contributed by atoms with E-state index in [0.717, 1.165) is 11.4 Å². The quantitative estimate of drug-likeness (QED) is 0.609. The number of amides is 1. The van der Waals surface area contributed by atoms with Crippen LogP contribution in [-0.2, 0) is 0 Å². The second kappa shape index (κ2) is 9.36. The van der Waals surface area contributed by atoms with Gasteiger partial charge in [0.15, 0.2) is 0 Å². The Kier molecular flexibility index (Phi) is 6.41. The molecule has 28 heavy (non-hydrogen) atoms. The third kappa shape index (κ3) is 4.97. The second-order valence-electron chi connectivity index (χ2n) is 5.76. The fraction of sp³-hybridized carbons (Fsp3) is 0.190. The van der Waals surface area contributed by atoms with Crippen LogP contribution < -0.4 is 20.1 Å². The number of benzene rings is 2. The van der Waals surface area contributed by atoms with Gasteiger partial charge in [-0.1, -0.05) is 12.1 Å². The van der Waals surface area contributed by atoms with E-state index in [0.29, 0.717) is 36.2 Å². The van der Waals surface area contributed by atoms with E-state index >= 15 is 0 Å². The number of carbonyl (C=O) groups excluding carboxylic acids is 1. The summed E-state index contributed by atoms with van der Waals surface area (Å²) in [4.78, 5) is 20.8. The number of hydrogen-bond donors (Lipinski definition) is 2. The van der Waals surface area contributed by atoms with Gasteiger partial charge in [-0.05, 0) is 50.2 Å². The Labute approximate surface area is 163 Å².